The first kappa shape index (κ1) is 37.8. The summed E-state index contributed by atoms with van der Waals surface area (Å²) in [6.07, 6.45) is 23.5. The standard InChI is InChI=1S/C41H58N2O4/c1-3-5-7-9-10-11-12-13-14-15-16-17-18-20-34-45-38-27-21-35(22-28-38)41(44)47-40-31-25-37(26-32-40)43-42-36-23-29-39(30-24-36)46-33-19-8-6-4-2/h21-32H,3-20,33-34H2,1-2H3. The van der Waals surface area contributed by atoms with Gasteiger partial charge in [-0.15, -0.1) is 0 Å². The van der Waals surface area contributed by atoms with Crippen LogP contribution in [0.15, 0.2) is 83.0 Å². The fraction of sp³-hybridized carbons (Fsp3) is 0.537. The van der Waals surface area contributed by atoms with Crippen molar-refractivity contribution in [3.05, 3.63) is 78.4 Å². The highest BCUT2D eigenvalue weighted by molar-refractivity contribution is 5.91. The molecule has 0 bridgehead atoms. The molecule has 0 radical (unpaired) electrons. The monoisotopic (exact) mass is 642 g/mol. The van der Waals surface area contributed by atoms with Gasteiger partial charge in [0, 0.05) is 0 Å². The van der Waals surface area contributed by atoms with Crippen molar-refractivity contribution in [2.24, 2.45) is 10.2 Å². The predicted octanol–water partition coefficient (Wildman–Crippen LogP) is 13.1. The van der Waals surface area contributed by atoms with Crippen LogP contribution in [0.3, 0.4) is 0 Å². The number of hydrogen-bond donors (Lipinski definition) is 0. The van der Waals surface area contributed by atoms with Crippen molar-refractivity contribution in [1.29, 1.82) is 0 Å². The van der Waals surface area contributed by atoms with Crippen LogP contribution in [0.1, 0.15) is 140 Å². The van der Waals surface area contributed by atoms with Gasteiger partial charge in [0.25, 0.3) is 0 Å². The van der Waals surface area contributed by atoms with Gasteiger partial charge in [-0.05, 0) is 85.6 Å². The van der Waals surface area contributed by atoms with E-state index in [-0.39, 0.29) is 0 Å². The highest BCUT2D eigenvalue weighted by atomic mass is 16.5. The minimum absolute atomic E-state index is 0.412. The highest BCUT2D eigenvalue weighted by Gasteiger charge is 2.09. The molecule has 0 fully saturated rings. The zero-order valence-corrected chi connectivity index (χ0v) is 29.1. The lowest BCUT2D eigenvalue weighted by molar-refractivity contribution is 0.0734. The van der Waals surface area contributed by atoms with Gasteiger partial charge in [0.15, 0.2) is 0 Å². The summed E-state index contributed by atoms with van der Waals surface area (Å²) in [5.41, 5.74) is 1.89. The third kappa shape index (κ3) is 17.2. The summed E-state index contributed by atoms with van der Waals surface area (Å²) in [6, 6.07) is 21.7. The van der Waals surface area contributed by atoms with Gasteiger partial charge in [0.2, 0.25) is 0 Å². The molecule has 3 rings (SSSR count). The Kier molecular flexibility index (Phi) is 19.7. The molecular weight excluding hydrogens is 584 g/mol. The van der Waals surface area contributed by atoms with Crippen LogP contribution >= 0.6 is 0 Å². The molecule has 0 saturated heterocycles. The van der Waals surface area contributed by atoms with Crippen LogP contribution in [-0.2, 0) is 0 Å². The Morgan fingerprint density at radius 2 is 0.787 bits per heavy atom. The number of esters is 1. The minimum atomic E-state index is -0.412. The minimum Gasteiger partial charge on any atom is -0.494 e. The van der Waals surface area contributed by atoms with Gasteiger partial charge < -0.3 is 14.2 Å². The van der Waals surface area contributed by atoms with Crippen molar-refractivity contribution in [1.82, 2.24) is 0 Å². The van der Waals surface area contributed by atoms with Crippen LogP contribution in [0.4, 0.5) is 11.4 Å². The Balaban J connectivity index is 1.25. The molecule has 0 N–H and O–H groups in total. The van der Waals surface area contributed by atoms with Gasteiger partial charge >= 0.3 is 5.97 Å². The second-order valence-electron chi connectivity index (χ2n) is 12.5. The highest BCUT2D eigenvalue weighted by Crippen LogP contribution is 2.24. The van der Waals surface area contributed by atoms with Crippen LogP contribution in [0.2, 0.25) is 0 Å². The van der Waals surface area contributed by atoms with Crippen molar-refractivity contribution in [2.45, 2.75) is 129 Å². The Hall–Kier alpha value is -3.67. The Morgan fingerprint density at radius 3 is 1.21 bits per heavy atom. The van der Waals surface area contributed by atoms with Crippen LogP contribution in [0.25, 0.3) is 0 Å². The number of nitrogens with zero attached hydrogens (tertiary/aromatic N) is 2. The van der Waals surface area contributed by atoms with E-state index < -0.39 is 5.97 Å². The molecular formula is C41H58N2O4. The van der Waals surface area contributed by atoms with Crippen molar-refractivity contribution >= 4 is 17.3 Å². The summed E-state index contributed by atoms with van der Waals surface area (Å²) in [4.78, 5) is 12.7. The zero-order valence-electron chi connectivity index (χ0n) is 29.1. The summed E-state index contributed by atoms with van der Waals surface area (Å²) < 4.78 is 17.2. The number of rotatable bonds is 26. The molecule has 0 aliphatic carbocycles. The van der Waals surface area contributed by atoms with E-state index in [1.54, 1.807) is 36.4 Å². The van der Waals surface area contributed by atoms with Gasteiger partial charge in [0.1, 0.15) is 17.2 Å². The van der Waals surface area contributed by atoms with Crippen LogP contribution in [-0.4, -0.2) is 19.2 Å². The Bertz CT molecular complexity index is 1240. The molecule has 256 valence electrons. The lowest BCUT2D eigenvalue weighted by Gasteiger charge is -2.08. The first-order chi connectivity index (χ1) is 23.2. The quantitative estimate of drug-likeness (QED) is 0.0378. The number of hydrogen-bond acceptors (Lipinski definition) is 6. The van der Waals surface area contributed by atoms with Crippen molar-refractivity contribution < 1.29 is 19.0 Å². The maximum atomic E-state index is 12.7. The second-order valence-corrected chi connectivity index (χ2v) is 12.5. The molecule has 0 amide bonds. The van der Waals surface area contributed by atoms with E-state index in [1.807, 2.05) is 36.4 Å². The van der Waals surface area contributed by atoms with Crippen molar-refractivity contribution in [3.8, 4) is 17.2 Å². The zero-order chi connectivity index (χ0) is 33.2. The largest absolute Gasteiger partial charge is 0.494 e. The molecule has 0 aliphatic rings. The van der Waals surface area contributed by atoms with Gasteiger partial charge in [-0.2, -0.15) is 10.2 Å². The maximum Gasteiger partial charge on any atom is 0.343 e. The third-order valence-corrected chi connectivity index (χ3v) is 8.29. The van der Waals surface area contributed by atoms with E-state index in [1.165, 1.54) is 103 Å². The van der Waals surface area contributed by atoms with Gasteiger partial charge in [-0.25, -0.2) is 4.79 Å². The Morgan fingerprint density at radius 1 is 0.447 bits per heavy atom. The SMILES string of the molecule is CCCCCCCCCCCCCCCCOc1ccc(C(=O)Oc2ccc(N=Nc3ccc(OCCCCCC)cc3)cc2)cc1. The van der Waals surface area contributed by atoms with E-state index in [9.17, 15) is 4.79 Å². The summed E-state index contributed by atoms with van der Waals surface area (Å²) >= 11 is 0. The van der Waals surface area contributed by atoms with Crippen LogP contribution < -0.4 is 14.2 Å². The van der Waals surface area contributed by atoms with Crippen LogP contribution in [0.5, 0.6) is 17.2 Å². The van der Waals surface area contributed by atoms with E-state index in [4.69, 9.17) is 14.2 Å². The summed E-state index contributed by atoms with van der Waals surface area (Å²) in [6.45, 7) is 5.91. The number of benzene rings is 3. The van der Waals surface area contributed by atoms with Crippen molar-refractivity contribution in [2.75, 3.05) is 13.2 Å². The van der Waals surface area contributed by atoms with E-state index >= 15 is 0 Å². The third-order valence-electron chi connectivity index (χ3n) is 8.29. The molecule has 6 nitrogen and oxygen atoms in total. The molecule has 0 spiro atoms. The summed E-state index contributed by atoms with van der Waals surface area (Å²) in [5.74, 6) is 1.66. The topological polar surface area (TPSA) is 69.5 Å². The molecule has 0 aliphatic heterocycles. The normalized spacial score (nSPS) is 11.2. The second kappa shape index (κ2) is 24.5. The molecule has 0 heterocycles. The molecule has 0 aromatic heterocycles. The molecule has 0 saturated carbocycles. The molecule has 0 atom stereocenters. The van der Waals surface area contributed by atoms with E-state index in [0.29, 0.717) is 23.6 Å². The van der Waals surface area contributed by atoms with Gasteiger partial charge in [-0.3, -0.25) is 0 Å². The smallest absolute Gasteiger partial charge is 0.343 e. The first-order valence-electron chi connectivity index (χ1n) is 18.4. The molecule has 47 heavy (non-hydrogen) atoms. The molecule has 3 aromatic rings. The average molecular weight is 643 g/mol. The number of ether oxygens (including phenoxy) is 3. The summed E-state index contributed by atoms with van der Waals surface area (Å²) in [5, 5.41) is 8.59. The number of unbranched alkanes of at least 4 members (excludes halogenated alkanes) is 16. The lowest BCUT2D eigenvalue weighted by Crippen LogP contribution is -2.08. The van der Waals surface area contributed by atoms with Gasteiger partial charge in [-0.1, -0.05) is 117 Å². The fourth-order valence-electron chi connectivity index (χ4n) is 5.36. The lowest BCUT2D eigenvalue weighted by atomic mass is 10.0. The van der Waals surface area contributed by atoms with Gasteiger partial charge in [0.05, 0.1) is 30.2 Å². The molecule has 0 unspecified atom stereocenters. The van der Waals surface area contributed by atoms with Crippen LogP contribution in [0, 0.1) is 0 Å². The number of azo groups is 1. The maximum absolute atomic E-state index is 12.7. The van der Waals surface area contributed by atoms with Crippen molar-refractivity contribution in [3.63, 3.8) is 0 Å². The summed E-state index contributed by atoms with van der Waals surface area (Å²) in [7, 11) is 0. The fourth-order valence-corrected chi connectivity index (χ4v) is 5.36. The van der Waals surface area contributed by atoms with E-state index in [0.717, 1.165) is 36.6 Å². The number of carbonyl (C=O) groups is 1. The average Bonchev–Trinajstić information content (AvgIpc) is 3.10. The Labute approximate surface area is 284 Å². The molecule has 6 heteroatoms. The molecule has 3 aromatic carbocycles. The van der Waals surface area contributed by atoms with E-state index in [2.05, 4.69) is 24.1 Å². The first-order valence-corrected chi connectivity index (χ1v) is 18.4. The predicted molar refractivity (Wildman–Crippen MR) is 194 cm³/mol. The number of carbonyl (C=O) groups excluding carboxylic acids is 1.